The molecule has 1 unspecified atom stereocenters. The number of nitrogens with two attached hydrogens (primary N) is 1. The van der Waals surface area contributed by atoms with Crippen LogP contribution in [0.5, 0.6) is 0 Å². The van der Waals surface area contributed by atoms with Crippen molar-refractivity contribution >= 4 is 23.2 Å². The number of likely N-dealkylation sites (tertiary alicyclic amines) is 2. The Labute approximate surface area is 170 Å². The number of amides is 2. The Morgan fingerprint density at radius 2 is 1.79 bits per heavy atom. The van der Waals surface area contributed by atoms with Crippen LogP contribution < -0.4 is 5.73 Å². The number of rotatable bonds is 6. The van der Waals surface area contributed by atoms with E-state index in [-0.39, 0.29) is 5.91 Å². The number of carbonyl (C=O) groups is 2. The molecule has 0 bridgehead atoms. The van der Waals surface area contributed by atoms with Gasteiger partial charge in [-0.05, 0) is 49.8 Å². The summed E-state index contributed by atoms with van der Waals surface area (Å²) in [5.41, 5.74) is 7.40. The molecule has 4 rings (SSSR count). The number of carbonyl (C=O) groups excluding carboxylic acids is 2. The lowest BCUT2D eigenvalue weighted by molar-refractivity contribution is 0.0774. The molecule has 2 aromatic rings. The third-order valence-electron chi connectivity index (χ3n) is 6.02. The van der Waals surface area contributed by atoms with Crippen molar-refractivity contribution in [2.24, 2.45) is 17.6 Å². The summed E-state index contributed by atoms with van der Waals surface area (Å²) in [4.78, 5) is 30.2. The molecule has 28 heavy (non-hydrogen) atoms. The highest BCUT2D eigenvalue weighted by Gasteiger charge is 2.41. The minimum Gasteiger partial charge on any atom is -0.365 e. The molecule has 1 aromatic carbocycles. The predicted octanol–water partition coefficient (Wildman–Crippen LogP) is 2.79. The van der Waals surface area contributed by atoms with Gasteiger partial charge in [0.2, 0.25) is 0 Å². The Morgan fingerprint density at radius 1 is 1.11 bits per heavy atom. The molecule has 5 nitrogen and oxygen atoms in total. The van der Waals surface area contributed by atoms with Gasteiger partial charge in [0.15, 0.2) is 0 Å². The third-order valence-corrected chi connectivity index (χ3v) is 7.09. The summed E-state index contributed by atoms with van der Waals surface area (Å²) in [5.74, 6) is 0.716. The van der Waals surface area contributed by atoms with Gasteiger partial charge in [-0.25, -0.2) is 0 Å². The molecule has 3 heterocycles. The van der Waals surface area contributed by atoms with E-state index in [9.17, 15) is 9.59 Å². The topological polar surface area (TPSA) is 66.6 Å². The van der Waals surface area contributed by atoms with Crippen LogP contribution in [0.15, 0.2) is 36.4 Å². The van der Waals surface area contributed by atoms with E-state index in [0.29, 0.717) is 22.3 Å². The number of fused-ring (bicyclic) bond motifs is 1. The van der Waals surface area contributed by atoms with Crippen LogP contribution in [-0.4, -0.2) is 54.3 Å². The lowest BCUT2D eigenvalue weighted by Gasteiger charge is -2.21. The van der Waals surface area contributed by atoms with Gasteiger partial charge in [-0.2, -0.15) is 0 Å². The fraction of sp³-hybridized carbons (Fsp3) is 0.455. The normalized spacial score (nSPS) is 21.8. The smallest absolute Gasteiger partial charge is 0.258 e. The van der Waals surface area contributed by atoms with E-state index in [1.54, 1.807) is 6.07 Å². The van der Waals surface area contributed by atoms with Crippen molar-refractivity contribution in [3.8, 4) is 0 Å². The van der Waals surface area contributed by atoms with Crippen molar-refractivity contribution in [3.05, 3.63) is 57.3 Å². The SMILES string of the molecule is Cc1sc(C(N)=O)cc1C(=O)N1CC2CN(CCCc3ccccc3)C[C@H]2C1. The fourth-order valence-corrected chi connectivity index (χ4v) is 5.44. The minimum atomic E-state index is -0.461. The van der Waals surface area contributed by atoms with Gasteiger partial charge in [-0.15, -0.1) is 11.3 Å². The first-order valence-electron chi connectivity index (χ1n) is 9.97. The first kappa shape index (κ1) is 19.2. The molecule has 1 aromatic heterocycles. The Hall–Kier alpha value is -2.18. The van der Waals surface area contributed by atoms with Crippen LogP contribution in [0.3, 0.4) is 0 Å². The van der Waals surface area contributed by atoms with Gasteiger partial charge in [0.1, 0.15) is 0 Å². The Morgan fingerprint density at radius 3 is 2.39 bits per heavy atom. The summed E-state index contributed by atoms with van der Waals surface area (Å²) in [6.07, 6.45) is 2.30. The maximum Gasteiger partial charge on any atom is 0.258 e. The zero-order chi connectivity index (χ0) is 19.7. The molecule has 6 heteroatoms. The maximum atomic E-state index is 12.9. The van der Waals surface area contributed by atoms with E-state index in [0.717, 1.165) is 44.0 Å². The molecule has 2 aliphatic rings. The van der Waals surface area contributed by atoms with Gasteiger partial charge in [0.25, 0.3) is 11.8 Å². The molecule has 0 saturated carbocycles. The molecule has 2 saturated heterocycles. The van der Waals surface area contributed by atoms with E-state index in [1.165, 1.54) is 23.3 Å². The number of hydrogen-bond donors (Lipinski definition) is 1. The number of aryl methyl sites for hydroxylation is 2. The Bertz CT molecular complexity index is 850. The molecular weight excluding hydrogens is 370 g/mol. The van der Waals surface area contributed by atoms with E-state index in [1.807, 2.05) is 11.8 Å². The Kier molecular flexibility index (Phi) is 5.51. The summed E-state index contributed by atoms with van der Waals surface area (Å²) in [7, 11) is 0. The average molecular weight is 398 g/mol. The summed E-state index contributed by atoms with van der Waals surface area (Å²) in [5, 5.41) is 0. The quantitative estimate of drug-likeness (QED) is 0.815. The molecule has 2 atom stereocenters. The van der Waals surface area contributed by atoms with Crippen LogP contribution in [0, 0.1) is 18.8 Å². The van der Waals surface area contributed by atoms with Gasteiger partial charge in [0, 0.05) is 31.1 Å². The van der Waals surface area contributed by atoms with Crippen molar-refractivity contribution < 1.29 is 9.59 Å². The lowest BCUT2D eigenvalue weighted by Crippen LogP contribution is -2.33. The van der Waals surface area contributed by atoms with Gasteiger partial charge in [-0.1, -0.05) is 30.3 Å². The molecule has 2 N–H and O–H groups in total. The molecule has 2 aliphatic heterocycles. The van der Waals surface area contributed by atoms with E-state index < -0.39 is 5.91 Å². The lowest BCUT2D eigenvalue weighted by atomic mass is 10.0. The molecular formula is C22H27N3O2S. The van der Waals surface area contributed by atoms with Crippen molar-refractivity contribution in [3.63, 3.8) is 0 Å². The minimum absolute atomic E-state index is 0.0475. The molecule has 2 fully saturated rings. The number of nitrogens with zero attached hydrogens (tertiary/aromatic N) is 2. The molecule has 0 spiro atoms. The third kappa shape index (κ3) is 3.98. The fourth-order valence-electron chi connectivity index (χ4n) is 4.58. The zero-order valence-corrected chi connectivity index (χ0v) is 17.1. The van der Waals surface area contributed by atoms with Crippen molar-refractivity contribution in [2.45, 2.75) is 19.8 Å². The summed E-state index contributed by atoms with van der Waals surface area (Å²) in [6, 6.07) is 12.3. The zero-order valence-electron chi connectivity index (χ0n) is 16.3. The van der Waals surface area contributed by atoms with Crippen LogP contribution in [-0.2, 0) is 6.42 Å². The van der Waals surface area contributed by atoms with Crippen LogP contribution in [0.2, 0.25) is 0 Å². The van der Waals surface area contributed by atoms with Gasteiger partial charge < -0.3 is 15.5 Å². The van der Waals surface area contributed by atoms with E-state index in [2.05, 4.69) is 35.2 Å². The molecule has 0 radical (unpaired) electrons. The van der Waals surface area contributed by atoms with Gasteiger partial charge >= 0.3 is 0 Å². The van der Waals surface area contributed by atoms with Crippen LogP contribution in [0.4, 0.5) is 0 Å². The monoisotopic (exact) mass is 397 g/mol. The van der Waals surface area contributed by atoms with E-state index >= 15 is 0 Å². The van der Waals surface area contributed by atoms with Crippen molar-refractivity contribution in [1.29, 1.82) is 0 Å². The summed E-state index contributed by atoms with van der Waals surface area (Å²) >= 11 is 1.31. The second-order valence-electron chi connectivity index (χ2n) is 8.02. The van der Waals surface area contributed by atoms with Crippen molar-refractivity contribution in [2.75, 3.05) is 32.7 Å². The highest BCUT2D eigenvalue weighted by atomic mass is 32.1. The Balaban J connectivity index is 1.28. The summed E-state index contributed by atoms with van der Waals surface area (Å²) in [6.45, 7) is 6.81. The standard InChI is InChI=1S/C22H27N3O2S/c1-15-19(10-20(28-15)21(23)26)22(27)25-13-17-11-24(12-18(17)14-25)9-5-8-16-6-3-2-4-7-16/h2-4,6-7,10,17-18H,5,8-9,11-14H2,1H3,(H2,23,26)/t17-,18?/m0/s1. The highest BCUT2D eigenvalue weighted by Crippen LogP contribution is 2.33. The van der Waals surface area contributed by atoms with Gasteiger partial charge in [-0.3, -0.25) is 9.59 Å². The highest BCUT2D eigenvalue weighted by molar-refractivity contribution is 7.14. The first-order chi connectivity index (χ1) is 13.5. The van der Waals surface area contributed by atoms with Crippen LogP contribution in [0.1, 0.15) is 36.9 Å². The molecule has 148 valence electrons. The predicted molar refractivity (Wildman–Crippen MR) is 112 cm³/mol. The number of thiophene rings is 1. The number of benzene rings is 1. The first-order valence-corrected chi connectivity index (χ1v) is 10.8. The largest absolute Gasteiger partial charge is 0.365 e. The van der Waals surface area contributed by atoms with Crippen LogP contribution >= 0.6 is 11.3 Å². The maximum absolute atomic E-state index is 12.9. The average Bonchev–Trinajstić information content (AvgIpc) is 3.35. The second kappa shape index (κ2) is 8.05. The summed E-state index contributed by atoms with van der Waals surface area (Å²) < 4.78 is 0. The number of primary amides is 1. The van der Waals surface area contributed by atoms with Crippen LogP contribution in [0.25, 0.3) is 0 Å². The van der Waals surface area contributed by atoms with E-state index in [4.69, 9.17) is 5.73 Å². The molecule has 0 aliphatic carbocycles. The van der Waals surface area contributed by atoms with Crippen molar-refractivity contribution in [1.82, 2.24) is 9.80 Å². The van der Waals surface area contributed by atoms with Gasteiger partial charge in [0.05, 0.1) is 10.4 Å². The number of hydrogen-bond acceptors (Lipinski definition) is 4. The molecule has 2 amide bonds. The second-order valence-corrected chi connectivity index (χ2v) is 9.28.